The Morgan fingerprint density at radius 2 is 2.07 bits per heavy atom. The van der Waals surface area contributed by atoms with Crippen molar-refractivity contribution in [3.8, 4) is 0 Å². The Morgan fingerprint density at radius 1 is 1.33 bits per heavy atom. The lowest BCUT2D eigenvalue weighted by Gasteiger charge is -2.09. The predicted molar refractivity (Wildman–Crippen MR) is 58.6 cm³/mol. The molecule has 4 nitrogen and oxygen atoms in total. The van der Waals surface area contributed by atoms with E-state index in [2.05, 4.69) is 26.6 Å². The van der Waals surface area contributed by atoms with E-state index in [0.717, 1.165) is 4.47 Å². The van der Waals surface area contributed by atoms with Crippen LogP contribution in [0.1, 0.15) is 11.6 Å². The average Bonchev–Trinajstić information content (AvgIpc) is 2.50. The summed E-state index contributed by atoms with van der Waals surface area (Å²) in [4.78, 5) is 22.3. The zero-order valence-electron chi connectivity index (χ0n) is 7.38. The van der Waals surface area contributed by atoms with Gasteiger partial charge in [0.25, 0.3) is 5.91 Å². The van der Waals surface area contributed by atoms with Crippen LogP contribution in [0.3, 0.4) is 0 Å². The number of amides is 3. The molecular formula is C9H6BrClN2O2. The van der Waals surface area contributed by atoms with Gasteiger partial charge < -0.3 is 5.32 Å². The first kappa shape index (κ1) is 10.4. The van der Waals surface area contributed by atoms with Gasteiger partial charge in [-0.1, -0.05) is 27.5 Å². The third kappa shape index (κ3) is 1.98. The molecule has 1 atom stereocenters. The van der Waals surface area contributed by atoms with E-state index in [1.54, 1.807) is 18.2 Å². The number of benzene rings is 1. The van der Waals surface area contributed by atoms with Gasteiger partial charge >= 0.3 is 6.03 Å². The van der Waals surface area contributed by atoms with E-state index in [4.69, 9.17) is 11.6 Å². The summed E-state index contributed by atoms with van der Waals surface area (Å²) in [5, 5.41) is 5.17. The van der Waals surface area contributed by atoms with Gasteiger partial charge in [-0.05, 0) is 23.8 Å². The van der Waals surface area contributed by atoms with Crippen molar-refractivity contribution in [2.24, 2.45) is 0 Å². The van der Waals surface area contributed by atoms with Crippen LogP contribution in [0.15, 0.2) is 22.7 Å². The second-order valence-corrected chi connectivity index (χ2v) is 4.35. The Hall–Kier alpha value is -1.07. The van der Waals surface area contributed by atoms with Gasteiger partial charge in [0.15, 0.2) is 0 Å². The Bertz CT molecular complexity index is 450. The number of hydrogen-bond acceptors (Lipinski definition) is 2. The predicted octanol–water partition coefficient (Wildman–Crippen LogP) is 1.98. The Morgan fingerprint density at radius 3 is 2.67 bits per heavy atom. The molecule has 0 bridgehead atoms. The van der Waals surface area contributed by atoms with Gasteiger partial charge in [-0.2, -0.15) is 0 Å². The maximum atomic E-state index is 11.4. The third-order valence-electron chi connectivity index (χ3n) is 2.04. The molecule has 15 heavy (non-hydrogen) atoms. The Labute approximate surface area is 99.1 Å². The maximum Gasteiger partial charge on any atom is 0.322 e. The van der Waals surface area contributed by atoms with E-state index in [0.29, 0.717) is 10.6 Å². The minimum Gasteiger partial charge on any atom is -0.322 e. The van der Waals surface area contributed by atoms with Gasteiger partial charge in [0, 0.05) is 9.50 Å². The molecule has 1 heterocycles. The smallest absolute Gasteiger partial charge is 0.322 e. The van der Waals surface area contributed by atoms with Gasteiger partial charge in [-0.15, -0.1) is 0 Å². The summed E-state index contributed by atoms with van der Waals surface area (Å²) in [6, 6.07) is 3.91. The van der Waals surface area contributed by atoms with E-state index < -0.39 is 12.1 Å². The quantitative estimate of drug-likeness (QED) is 0.777. The van der Waals surface area contributed by atoms with E-state index >= 15 is 0 Å². The highest BCUT2D eigenvalue weighted by Gasteiger charge is 2.32. The monoisotopic (exact) mass is 288 g/mol. The molecule has 1 saturated heterocycles. The highest BCUT2D eigenvalue weighted by Crippen LogP contribution is 2.28. The van der Waals surface area contributed by atoms with Crippen LogP contribution in [0, 0.1) is 0 Å². The van der Waals surface area contributed by atoms with Crippen LogP contribution in [-0.4, -0.2) is 11.9 Å². The molecule has 78 valence electrons. The van der Waals surface area contributed by atoms with Gasteiger partial charge in [0.2, 0.25) is 0 Å². The van der Waals surface area contributed by atoms with Crippen molar-refractivity contribution >= 4 is 39.5 Å². The first-order valence-corrected chi connectivity index (χ1v) is 5.31. The van der Waals surface area contributed by atoms with Crippen molar-refractivity contribution in [2.45, 2.75) is 6.04 Å². The maximum absolute atomic E-state index is 11.4. The highest BCUT2D eigenvalue weighted by atomic mass is 79.9. The molecule has 1 aliphatic heterocycles. The first-order valence-electron chi connectivity index (χ1n) is 4.14. The number of halogens is 2. The molecule has 0 spiro atoms. The van der Waals surface area contributed by atoms with Crippen LogP contribution in [0.4, 0.5) is 4.79 Å². The molecule has 1 unspecified atom stereocenters. The van der Waals surface area contributed by atoms with E-state index in [1.807, 2.05) is 0 Å². The summed E-state index contributed by atoms with van der Waals surface area (Å²) >= 11 is 9.11. The average molecular weight is 290 g/mol. The number of urea groups is 1. The SMILES string of the molecule is O=C1NC(=O)C(c2cc(Cl)ccc2Br)N1. The Kier molecular flexibility index (Phi) is 2.67. The minimum atomic E-state index is -0.675. The van der Waals surface area contributed by atoms with Crippen LogP contribution < -0.4 is 10.6 Å². The number of imide groups is 1. The van der Waals surface area contributed by atoms with E-state index in [1.165, 1.54) is 0 Å². The molecule has 3 amide bonds. The fourth-order valence-corrected chi connectivity index (χ4v) is 2.03. The second-order valence-electron chi connectivity index (χ2n) is 3.06. The van der Waals surface area contributed by atoms with Crippen molar-refractivity contribution in [3.05, 3.63) is 33.3 Å². The van der Waals surface area contributed by atoms with Crippen LogP contribution >= 0.6 is 27.5 Å². The first-order chi connectivity index (χ1) is 7.08. The zero-order chi connectivity index (χ0) is 11.0. The normalized spacial score (nSPS) is 20.0. The molecular weight excluding hydrogens is 283 g/mol. The summed E-state index contributed by atoms with van der Waals surface area (Å²) in [6.45, 7) is 0. The topological polar surface area (TPSA) is 58.2 Å². The van der Waals surface area contributed by atoms with Gasteiger partial charge in [0.05, 0.1) is 0 Å². The van der Waals surface area contributed by atoms with Crippen molar-refractivity contribution in [1.82, 2.24) is 10.6 Å². The van der Waals surface area contributed by atoms with Gasteiger partial charge in [0.1, 0.15) is 6.04 Å². The summed E-state index contributed by atoms with van der Waals surface area (Å²) in [5.74, 6) is -0.372. The molecule has 0 aliphatic carbocycles. The lowest BCUT2D eigenvalue weighted by Crippen LogP contribution is -2.22. The largest absolute Gasteiger partial charge is 0.322 e. The minimum absolute atomic E-state index is 0.372. The molecule has 0 aromatic heterocycles. The highest BCUT2D eigenvalue weighted by molar-refractivity contribution is 9.10. The van der Waals surface area contributed by atoms with E-state index in [9.17, 15) is 9.59 Å². The zero-order valence-corrected chi connectivity index (χ0v) is 9.72. The summed E-state index contributed by atoms with van der Waals surface area (Å²) in [6.07, 6.45) is 0. The van der Waals surface area contributed by atoms with Crippen molar-refractivity contribution in [3.63, 3.8) is 0 Å². The van der Waals surface area contributed by atoms with Crippen LogP contribution in [0.2, 0.25) is 5.02 Å². The number of nitrogens with one attached hydrogen (secondary N) is 2. The molecule has 0 saturated carbocycles. The number of rotatable bonds is 1. The van der Waals surface area contributed by atoms with Crippen LogP contribution in [0.5, 0.6) is 0 Å². The van der Waals surface area contributed by atoms with E-state index in [-0.39, 0.29) is 5.91 Å². The third-order valence-corrected chi connectivity index (χ3v) is 3.00. The number of carbonyl (C=O) groups excluding carboxylic acids is 2. The van der Waals surface area contributed by atoms with Crippen LogP contribution in [0.25, 0.3) is 0 Å². The van der Waals surface area contributed by atoms with Gasteiger partial charge in [-0.25, -0.2) is 4.79 Å². The Balaban J connectivity index is 2.41. The summed E-state index contributed by atoms with van der Waals surface area (Å²) in [5.41, 5.74) is 0.644. The summed E-state index contributed by atoms with van der Waals surface area (Å²) < 4.78 is 0.731. The molecule has 1 aromatic carbocycles. The summed E-state index contributed by atoms with van der Waals surface area (Å²) in [7, 11) is 0. The fourth-order valence-electron chi connectivity index (χ4n) is 1.37. The molecule has 1 fully saturated rings. The fraction of sp³-hybridized carbons (Fsp3) is 0.111. The lowest BCUT2D eigenvalue weighted by molar-refractivity contribution is -0.120. The number of hydrogen-bond donors (Lipinski definition) is 2. The number of carbonyl (C=O) groups is 2. The molecule has 1 aromatic rings. The molecule has 0 radical (unpaired) electrons. The van der Waals surface area contributed by atoms with Gasteiger partial charge in [-0.3, -0.25) is 10.1 Å². The second kappa shape index (κ2) is 3.83. The molecule has 2 N–H and O–H groups in total. The molecule has 1 aliphatic rings. The lowest BCUT2D eigenvalue weighted by atomic mass is 10.1. The van der Waals surface area contributed by atoms with Crippen molar-refractivity contribution < 1.29 is 9.59 Å². The van der Waals surface area contributed by atoms with Crippen LogP contribution in [-0.2, 0) is 4.79 Å². The standard InChI is InChI=1S/C9H6BrClN2O2/c10-6-2-1-4(11)3-5(6)7-8(14)13-9(15)12-7/h1-3,7H,(H2,12,13,14,15). The van der Waals surface area contributed by atoms with Crippen molar-refractivity contribution in [2.75, 3.05) is 0 Å². The molecule has 2 rings (SSSR count). The molecule has 6 heteroatoms. The van der Waals surface area contributed by atoms with Crippen molar-refractivity contribution in [1.29, 1.82) is 0 Å².